The van der Waals surface area contributed by atoms with Crippen LogP contribution in [0.4, 0.5) is 4.39 Å². The molecule has 0 aromatic heterocycles. The summed E-state index contributed by atoms with van der Waals surface area (Å²) < 4.78 is 20.4. The number of nitrogens with zero attached hydrogens (tertiary/aromatic N) is 2. The Bertz CT molecular complexity index is 1510. The number of ether oxygens (including phenoxy) is 1. The highest BCUT2D eigenvalue weighted by molar-refractivity contribution is 8.26. The zero-order valence-electron chi connectivity index (χ0n) is 22.1. The van der Waals surface area contributed by atoms with E-state index in [-0.39, 0.29) is 16.5 Å². The first kappa shape index (κ1) is 29.3. The number of likely N-dealkylation sites (tertiary alicyclic amines) is 1. The van der Waals surface area contributed by atoms with Gasteiger partial charge in [-0.25, -0.2) is 9.18 Å². The van der Waals surface area contributed by atoms with E-state index in [4.69, 9.17) is 33.7 Å². The number of carbonyl (C=O) groups excluding carboxylic acids is 1. The zero-order valence-corrected chi connectivity index (χ0v) is 24.5. The molecule has 0 bridgehead atoms. The lowest BCUT2D eigenvalue weighted by Gasteiger charge is -2.17. The van der Waals surface area contributed by atoms with E-state index < -0.39 is 11.8 Å². The summed E-state index contributed by atoms with van der Waals surface area (Å²) in [6, 6.07) is 16.8. The van der Waals surface area contributed by atoms with Crippen LogP contribution in [0.5, 0.6) is 5.75 Å². The fourth-order valence-electron chi connectivity index (χ4n) is 4.83. The van der Waals surface area contributed by atoms with Gasteiger partial charge in [0, 0.05) is 18.7 Å². The standard InChI is InChI=1S/C31H28ClFN2O4S2/c32-25-18-23(7-9-26(25)33)22-8-10-27(39-16-15-34-12-1-2-13-34)24(17-22)19-28-29(36)35(31(40)41-28)14-11-20-3-5-21(6-4-20)30(37)38/h3-10,17-19H,1-2,11-16H2,(H,37,38)/b28-19-. The molecule has 2 heterocycles. The topological polar surface area (TPSA) is 70.1 Å². The lowest BCUT2D eigenvalue weighted by Crippen LogP contribution is -2.30. The van der Waals surface area contributed by atoms with Crippen LogP contribution in [0.15, 0.2) is 65.6 Å². The molecule has 10 heteroatoms. The molecule has 1 amide bonds. The number of carbonyl (C=O) groups is 2. The Hall–Kier alpha value is -3.24. The fraction of sp³-hybridized carbons (Fsp3) is 0.258. The minimum absolute atomic E-state index is 0.0356. The molecular weight excluding hydrogens is 583 g/mol. The van der Waals surface area contributed by atoms with Crippen molar-refractivity contribution >= 4 is 57.9 Å². The molecule has 2 fully saturated rings. The van der Waals surface area contributed by atoms with Gasteiger partial charge in [-0.15, -0.1) is 0 Å². The highest BCUT2D eigenvalue weighted by atomic mass is 35.5. The van der Waals surface area contributed by atoms with Crippen LogP contribution < -0.4 is 4.74 Å². The van der Waals surface area contributed by atoms with Crippen molar-refractivity contribution in [3.63, 3.8) is 0 Å². The zero-order chi connectivity index (χ0) is 28.9. The van der Waals surface area contributed by atoms with Gasteiger partial charge >= 0.3 is 5.97 Å². The van der Waals surface area contributed by atoms with E-state index in [1.54, 1.807) is 47.4 Å². The van der Waals surface area contributed by atoms with Crippen molar-refractivity contribution in [3.05, 3.63) is 93.1 Å². The molecule has 0 atom stereocenters. The minimum atomic E-state index is -0.982. The summed E-state index contributed by atoms with van der Waals surface area (Å²) in [5.41, 5.74) is 3.40. The molecule has 5 rings (SSSR count). The third kappa shape index (κ3) is 7.16. The second kappa shape index (κ2) is 13.2. The molecule has 41 heavy (non-hydrogen) atoms. The van der Waals surface area contributed by atoms with Gasteiger partial charge in [-0.3, -0.25) is 14.6 Å². The summed E-state index contributed by atoms with van der Waals surface area (Å²) in [5.74, 6) is -1.02. The Morgan fingerprint density at radius 3 is 2.46 bits per heavy atom. The molecule has 1 N–H and O–H groups in total. The number of benzene rings is 3. The Kier molecular flexibility index (Phi) is 9.39. The van der Waals surface area contributed by atoms with Crippen molar-refractivity contribution in [2.75, 3.05) is 32.8 Å². The summed E-state index contributed by atoms with van der Waals surface area (Å²) in [6.07, 6.45) is 4.73. The monoisotopic (exact) mass is 610 g/mol. The average Bonchev–Trinajstić information content (AvgIpc) is 3.57. The second-order valence-electron chi connectivity index (χ2n) is 9.86. The Labute approximate surface area is 252 Å². The van der Waals surface area contributed by atoms with E-state index in [9.17, 15) is 14.0 Å². The first-order chi connectivity index (χ1) is 19.8. The van der Waals surface area contributed by atoms with Crippen LogP contribution in [-0.4, -0.2) is 63.9 Å². The number of halogens is 2. The van der Waals surface area contributed by atoms with Crippen molar-refractivity contribution in [2.45, 2.75) is 19.3 Å². The fourth-order valence-corrected chi connectivity index (χ4v) is 6.31. The Morgan fingerprint density at radius 1 is 1.05 bits per heavy atom. The molecule has 2 saturated heterocycles. The molecule has 212 valence electrons. The Morgan fingerprint density at radius 2 is 1.76 bits per heavy atom. The number of amides is 1. The first-order valence-corrected chi connectivity index (χ1v) is 14.9. The number of aromatic carboxylic acids is 1. The minimum Gasteiger partial charge on any atom is -0.492 e. The average molecular weight is 611 g/mol. The number of carboxylic acid groups (broad SMARTS) is 1. The van der Waals surface area contributed by atoms with Crippen LogP contribution in [-0.2, 0) is 11.2 Å². The third-order valence-corrected chi connectivity index (χ3v) is 8.78. The normalized spacial score (nSPS) is 16.6. The van der Waals surface area contributed by atoms with Crippen LogP contribution in [0.3, 0.4) is 0 Å². The van der Waals surface area contributed by atoms with Gasteiger partial charge in [0.15, 0.2) is 0 Å². The van der Waals surface area contributed by atoms with Crippen molar-refractivity contribution in [1.82, 2.24) is 9.80 Å². The third-order valence-electron chi connectivity index (χ3n) is 7.11. The molecule has 2 aliphatic heterocycles. The van der Waals surface area contributed by atoms with Crippen LogP contribution >= 0.6 is 35.6 Å². The summed E-state index contributed by atoms with van der Waals surface area (Å²) in [6.45, 7) is 3.87. The van der Waals surface area contributed by atoms with E-state index in [2.05, 4.69) is 4.90 Å². The van der Waals surface area contributed by atoms with Crippen LogP contribution in [0, 0.1) is 5.82 Å². The van der Waals surface area contributed by atoms with Gasteiger partial charge in [0.2, 0.25) is 0 Å². The van der Waals surface area contributed by atoms with E-state index in [0.717, 1.165) is 36.3 Å². The smallest absolute Gasteiger partial charge is 0.335 e. The van der Waals surface area contributed by atoms with Crippen molar-refractivity contribution in [1.29, 1.82) is 0 Å². The number of carboxylic acids is 1. The molecule has 0 unspecified atom stereocenters. The number of thioether (sulfide) groups is 1. The van der Waals surface area contributed by atoms with Crippen molar-refractivity contribution < 1.29 is 23.8 Å². The highest BCUT2D eigenvalue weighted by Crippen LogP contribution is 2.36. The van der Waals surface area contributed by atoms with Gasteiger partial charge in [-0.05, 0) is 91.5 Å². The summed E-state index contributed by atoms with van der Waals surface area (Å²) >= 11 is 12.8. The van der Waals surface area contributed by atoms with E-state index >= 15 is 0 Å². The van der Waals surface area contributed by atoms with Crippen LogP contribution in [0.2, 0.25) is 5.02 Å². The number of hydrogen-bond donors (Lipinski definition) is 1. The van der Waals surface area contributed by atoms with Gasteiger partial charge in [0.1, 0.15) is 22.5 Å². The number of rotatable bonds is 10. The summed E-state index contributed by atoms with van der Waals surface area (Å²) in [5, 5.41) is 9.14. The van der Waals surface area contributed by atoms with Gasteiger partial charge in [0.25, 0.3) is 5.91 Å². The second-order valence-corrected chi connectivity index (χ2v) is 11.9. The summed E-state index contributed by atoms with van der Waals surface area (Å²) in [4.78, 5) is 28.9. The Balaban J connectivity index is 1.36. The largest absolute Gasteiger partial charge is 0.492 e. The molecule has 2 aliphatic rings. The van der Waals surface area contributed by atoms with E-state index in [0.29, 0.717) is 40.1 Å². The van der Waals surface area contributed by atoms with Gasteiger partial charge < -0.3 is 9.84 Å². The molecule has 0 aliphatic carbocycles. The molecule has 3 aromatic carbocycles. The molecule has 3 aromatic rings. The number of thiocarbonyl (C=S) groups is 1. The van der Waals surface area contributed by atoms with Crippen molar-refractivity contribution in [3.8, 4) is 16.9 Å². The molecule has 6 nitrogen and oxygen atoms in total. The maximum atomic E-state index is 13.8. The lowest BCUT2D eigenvalue weighted by atomic mass is 10.0. The quantitative estimate of drug-likeness (QED) is 0.201. The molecule has 0 spiro atoms. The molecule has 0 saturated carbocycles. The predicted molar refractivity (Wildman–Crippen MR) is 165 cm³/mol. The van der Waals surface area contributed by atoms with Gasteiger partial charge in [-0.2, -0.15) is 0 Å². The predicted octanol–water partition coefficient (Wildman–Crippen LogP) is 6.76. The van der Waals surface area contributed by atoms with E-state index in [1.165, 1.54) is 30.7 Å². The molecule has 0 radical (unpaired) electrons. The maximum Gasteiger partial charge on any atom is 0.335 e. The maximum absolute atomic E-state index is 13.8. The first-order valence-electron chi connectivity index (χ1n) is 13.3. The van der Waals surface area contributed by atoms with Gasteiger partial charge in [0.05, 0.1) is 15.5 Å². The highest BCUT2D eigenvalue weighted by Gasteiger charge is 2.32. The van der Waals surface area contributed by atoms with Crippen molar-refractivity contribution in [2.24, 2.45) is 0 Å². The molecular formula is C31H28ClFN2O4S2. The van der Waals surface area contributed by atoms with E-state index in [1.807, 2.05) is 18.2 Å². The van der Waals surface area contributed by atoms with Gasteiger partial charge in [-0.1, -0.05) is 59.8 Å². The van der Waals surface area contributed by atoms with Crippen LogP contribution in [0.1, 0.15) is 34.3 Å². The number of hydrogen-bond acceptors (Lipinski definition) is 6. The lowest BCUT2D eigenvalue weighted by molar-refractivity contribution is -0.122. The SMILES string of the molecule is O=C(O)c1ccc(CCN2C(=O)/C(=C/c3cc(-c4ccc(F)c(Cl)c4)ccc3OCCN3CCCC3)SC2=S)cc1. The summed E-state index contributed by atoms with van der Waals surface area (Å²) in [7, 11) is 0. The van der Waals surface area contributed by atoms with Crippen LogP contribution in [0.25, 0.3) is 17.2 Å².